The minimum Gasteiger partial charge on any atom is -0.340 e. The molecule has 0 aromatic heterocycles. The zero-order valence-electron chi connectivity index (χ0n) is 22.6. The summed E-state index contributed by atoms with van der Waals surface area (Å²) >= 11 is 6.14. The molecule has 3 amide bonds. The Morgan fingerprint density at radius 2 is 1.89 bits per heavy atom. The predicted octanol–water partition coefficient (Wildman–Crippen LogP) is 5.75. The van der Waals surface area contributed by atoms with Crippen LogP contribution in [0.4, 0.5) is 10.5 Å². The van der Waals surface area contributed by atoms with E-state index < -0.39 is 0 Å². The topological polar surface area (TPSA) is 55.9 Å². The Bertz CT molecular complexity index is 991. The number of carbonyl (C=O) groups excluding carboxylic acids is 2. The molecule has 0 radical (unpaired) electrons. The Morgan fingerprint density at radius 1 is 1.17 bits per heavy atom. The third-order valence-electron chi connectivity index (χ3n) is 8.41. The molecule has 6 nitrogen and oxygen atoms in total. The molecule has 2 unspecified atom stereocenters. The van der Waals surface area contributed by atoms with Crippen molar-refractivity contribution in [2.24, 2.45) is 22.7 Å². The SMILES string of the molecule is CC(C)(C)CC(=O)N1CCN(CCN(CC2=CCC3CC2C3(C)C)C(=O)Nc2cccc(Cl)c2)CC1. The van der Waals surface area contributed by atoms with Gasteiger partial charge in [-0.05, 0) is 53.7 Å². The van der Waals surface area contributed by atoms with Gasteiger partial charge in [-0.25, -0.2) is 4.79 Å². The van der Waals surface area contributed by atoms with Crippen molar-refractivity contribution in [2.45, 2.75) is 53.9 Å². The highest BCUT2D eigenvalue weighted by molar-refractivity contribution is 6.30. The highest BCUT2D eigenvalue weighted by atomic mass is 35.5. The van der Waals surface area contributed by atoms with Gasteiger partial charge in [0.15, 0.2) is 0 Å². The summed E-state index contributed by atoms with van der Waals surface area (Å²) in [4.78, 5) is 32.3. The van der Waals surface area contributed by atoms with Crippen molar-refractivity contribution in [3.05, 3.63) is 40.9 Å². The molecule has 1 saturated heterocycles. The van der Waals surface area contributed by atoms with Gasteiger partial charge in [-0.2, -0.15) is 0 Å². The van der Waals surface area contributed by atoms with E-state index in [0.29, 0.717) is 41.6 Å². The smallest absolute Gasteiger partial charge is 0.322 e. The van der Waals surface area contributed by atoms with Gasteiger partial charge < -0.3 is 15.1 Å². The van der Waals surface area contributed by atoms with E-state index in [2.05, 4.69) is 50.9 Å². The highest BCUT2D eigenvalue weighted by Gasteiger charge is 2.51. The van der Waals surface area contributed by atoms with Gasteiger partial charge in [0.05, 0.1) is 0 Å². The summed E-state index contributed by atoms with van der Waals surface area (Å²) in [6, 6.07) is 7.23. The van der Waals surface area contributed by atoms with Crippen LogP contribution in [0.1, 0.15) is 53.9 Å². The van der Waals surface area contributed by atoms with Gasteiger partial charge in [0.1, 0.15) is 0 Å². The second-order valence-corrected chi connectivity index (χ2v) is 13.1. The molecular formula is C29H43ClN4O2. The summed E-state index contributed by atoms with van der Waals surface area (Å²) in [5.41, 5.74) is 2.45. The van der Waals surface area contributed by atoms with Gasteiger partial charge >= 0.3 is 6.03 Å². The van der Waals surface area contributed by atoms with Gasteiger partial charge in [-0.3, -0.25) is 9.69 Å². The molecule has 4 aliphatic rings. The number of piperazine rings is 1. The van der Waals surface area contributed by atoms with Crippen molar-refractivity contribution >= 4 is 29.2 Å². The fourth-order valence-electron chi connectivity index (χ4n) is 5.95. The Hall–Kier alpha value is -2.05. The molecule has 1 aromatic carbocycles. The molecule has 2 fully saturated rings. The molecule has 1 aliphatic heterocycles. The fourth-order valence-corrected chi connectivity index (χ4v) is 6.14. The average Bonchev–Trinajstić information content (AvgIpc) is 2.81. The van der Waals surface area contributed by atoms with Crippen LogP contribution in [-0.4, -0.2) is 72.5 Å². The molecule has 0 spiro atoms. The minimum absolute atomic E-state index is 0.00782. The number of carbonyl (C=O) groups is 2. The van der Waals surface area contributed by atoms with Crippen molar-refractivity contribution in [2.75, 3.05) is 51.1 Å². The third-order valence-corrected chi connectivity index (χ3v) is 8.65. The number of urea groups is 1. The van der Waals surface area contributed by atoms with Crippen LogP contribution in [0.3, 0.4) is 0 Å². The van der Waals surface area contributed by atoms with Crippen LogP contribution in [0, 0.1) is 22.7 Å². The lowest BCUT2D eigenvalue weighted by Gasteiger charge is -2.57. The van der Waals surface area contributed by atoms with Crippen LogP contribution in [-0.2, 0) is 4.79 Å². The van der Waals surface area contributed by atoms with Crippen LogP contribution in [0.15, 0.2) is 35.9 Å². The first-order valence-electron chi connectivity index (χ1n) is 13.4. The molecule has 2 bridgehead atoms. The van der Waals surface area contributed by atoms with Crippen LogP contribution in [0.25, 0.3) is 0 Å². The summed E-state index contributed by atoms with van der Waals surface area (Å²) in [7, 11) is 0. The minimum atomic E-state index is -0.0867. The van der Waals surface area contributed by atoms with Crippen LogP contribution in [0.2, 0.25) is 5.02 Å². The molecule has 1 aromatic rings. The maximum Gasteiger partial charge on any atom is 0.322 e. The average molecular weight is 515 g/mol. The first-order valence-corrected chi connectivity index (χ1v) is 13.8. The second-order valence-electron chi connectivity index (χ2n) is 12.6. The summed E-state index contributed by atoms with van der Waals surface area (Å²) in [5.74, 6) is 1.59. The van der Waals surface area contributed by atoms with Gasteiger partial charge in [-0.1, -0.05) is 63.9 Å². The number of hydrogen-bond donors (Lipinski definition) is 1. The maximum absolute atomic E-state index is 13.4. The number of halogens is 1. The van der Waals surface area contributed by atoms with E-state index in [1.807, 2.05) is 28.0 Å². The number of hydrogen-bond acceptors (Lipinski definition) is 3. The van der Waals surface area contributed by atoms with Crippen LogP contribution >= 0.6 is 11.6 Å². The number of anilines is 1. The first-order chi connectivity index (χ1) is 16.9. The molecule has 7 heteroatoms. The Kier molecular flexibility index (Phi) is 8.06. The maximum atomic E-state index is 13.4. The molecule has 198 valence electrons. The van der Waals surface area contributed by atoms with Gasteiger partial charge in [0.2, 0.25) is 5.91 Å². The molecule has 5 rings (SSSR count). The standard InChI is InChI=1S/C29H43ClN4O2/c1-28(2,3)19-26(35)33-14-11-32(12-15-33)13-16-34(27(36)31-24-8-6-7-23(30)18-24)20-21-9-10-22-17-25(21)29(22,4)5/h6-9,18,22,25H,10-17,19-20H2,1-5H3,(H,31,36). The quantitative estimate of drug-likeness (QED) is 0.471. The predicted molar refractivity (Wildman–Crippen MR) is 147 cm³/mol. The number of rotatable bonds is 7. The van der Waals surface area contributed by atoms with Gasteiger partial charge in [0, 0.05) is 62.9 Å². The van der Waals surface area contributed by atoms with E-state index in [-0.39, 0.29) is 17.4 Å². The zero-order valence-corrected chi connectivity index (χ0v) is 23.4. The van der Waals surface area contributed by atoms with Crippen LogP contribution in [0.5, 0.6) is 0 Å². The fraction of sp³-hybridized carbons (Fsp3) is 0.655. The van der Waals surface area contributed by atoms with E-state index in [4.69, 9.17) is 11.6 Å². The monoisotopic (exact) mass is 514 g/mol. The van der Waals surface area contributed by atoms with Crippen molar-refractivity contribution in [3.63, 3.8) is 0 Å². The molecule has 1 N–H and O–H groups in total. The van der Waals surface area contributed by atoms with Crippen molar-refractivity contribution in [1.82, 2.24) is 14.7 Å². The number of amides is 3. The lowest BCUT2D eigenvalue weighted by atomic mass is 9.49. The highest BCUT2D eigenvalue weighted by Crippen LogP contribution is 2.59. The number of benzene rings is 1. The van der Waals surface area contributed by atoms with E-state index in [1.54, 1.807) is 6.07 Å². The summed E-state index contributed by atoms with van der Waals surface area (Å²) < 4.78 is 0. The van der Waals surface area contributed by atoms with E-state index in [0.717, 1.165) is 45.1 Å². The zero-order chi connectivity index (χ0) is 26.1. The Balaban J connectivity index is 1.36. The molecule has 2 atom stereocenters. The van der Waals surface area contributed by atoms with Gasteiger partial charge in [-0.15, -0.1) is 0 Å². The second kappa shape index (κ2) is 10.7. The van der Waals surface area contributed by atoms with E-state index >= 15 is 0 Å². The number of nitrogens with zero attached hydrogens (tertiary/aromatic N) is 3. The number of fused-ring (bicyclic) bond motifs is 1. The summed E-state index contributed by atoms with van der Waals surface area (Å²) in [6.07, 6.45) is 5.32. The summed E-state index contributed by atoms with van der Waals surface area (Å²) in [6.45, 7) is 16.4. The third kappa shape index (κ3) is 6.44. The lowest BCUT2D eigenvalue weighted by molar-refractivity contribution is -0.134. The van der Waals surface area contributed by atoms with E-state index in [9.17, 15) is 9.59 Å². The van der Waals surface area contributed by atoms with Gasteiger partial charge in [0.25, 0.3) is 0 Å². The largest absolute Gasteiger partial charge is 0.340 e. The first kappa shape index (κ1) is 27.0. The molecular weight excluding hydrogens is 472 g/mol. The summed E-state index contributed by atoms with van der Waals surface area (Å²) in [5, 5.41) is 3.66. The van der Waals surface area contributed by atoms with Crippen molar-refractivity contribution in [1.29, 1.82) is 0 Å². The molecule has 1 saturated carbocycles. The van der Waals surface area contributed by atoms with E-state index in [1.165, 1.54) is 12.0 Å². The Labute approximate surface area is 222 Å². The molecule has 3 aliphatic carbocycles. The number of nitrogens with one attached hydrogen (secondary N) is 1. The van der Waals surface area contributed by atoms with Crippen LogP contribution < -0.4 is 5.32 Å². The molecule has 36 heavy (non-hydrogen) atoms. The number of allylic oxidation sites excluding steroid dienone is 1. The van der Waals surface area contributed by atoms with Crippen molar-refractivity contribution in [3.8, 4) is 0 Å². The molecule has 1 heterocycles. The van der Waals surface area contributed by atoms with Crippen molar-refractivity contribution < 1.29 is 9.59 Å². The normalized spacial score (nSPS) is 23.5. The lowest BCUT2D eigenvalue weighted by Crippen LogP contribution is -2.53. The Morgan fingerprint density at radius 3 is 2.50 bits per heavy atom.